The summed E-state index contributed by atoms with van der Waals surface area (Å²) in [6.07, 6.45) is 1.49. The highest BCUT2D eigenvalue weighted by Gasteiger charge is 2.38. The van der Waals surface area contributed by atoms with Gasteiger partial charge in [0, 0.05) is 16.8 Å². The molecule has 0 saturated heterocycles. The zero-order valence-corrected chi connectivity index (χ0v) is 15.0. The minimum Gasteiger partial charge on any atom is -0.360 e. The molecule has 0 spiro atoms. The molecule has 1 atom stereocenters. The number of carbonyl (C=O) groups is 1. The Morgan fingerprint density at radius 3 is 2.88 bits per heavy atom. The summed E-state index contributed by atoms with van der Waals surface area (Å²) in [5.41, 5.74) is 4.85. The van der Waals surface area contributed by atoms with E-state index < -0.39 is 0 Å². The maximum absolute atomic E-state index is 12.9. The smallest absolute Gasteiger partial charge is 0.258 e. The van der Waals surface area contributed by atoms with Crippen LogP contribution in [-0.2, 0) is 6.54 Å². The van der Waals surface area contributed by atoms with Crippen molar-refractivity contribution in [3.05, 3.63) is 81.3 Å². The lowest BCUT2D eigenvalue weighted by Gasteiger charge is -2.27. The molecule has 4 rings (SSSR count). The molecule has 1 aliphatic heterocycles. The number of thiophene rings is 1. The minimum atomic E-state index is -0.258. The van der Waals surface area contributed by atoms with Gasteiger partial charge >= 0.3 is 0 Å². The highest BCUT2D eigenvalue weighted by atomic mass is 32.1. The van der Waals surface area contributed by atoms with Crippen molar-refractivity contribution in [3.63, 3.8) is 0 Å². The third kappa shape index (κ3) is 2.91. The number of amides is 1. The third-order valence-electron chi connectivity index (χ3n) is 4.49. The van der Waals surface area contributed by atoms with E-state index in [2.05, 4.69) is 48.4 Å². The van der Waals surface area contributed by atoms with Crippen LogP contribution in [0, 0.1) is 13.8 Å². The first-order valence-electron chi connectivity index (χ1n) is 8.25. The van der Waals surface area contributed by atoms with Crippen molar-refractivity contribution in [2.75, 3.05) is 5.32 Å². The highest BCUT2D eigenvalue weighted by Crippen LogP contribution is 2.35. The van der Waals surface area contributed by atoms with Crippen LogP contribution in [0.1, 0.15) is 38.2 Å². The molecule has 5 heteroatoms. The number of benzene rings is 1. The normalized spacial score (nSPS) is 16.2. The number of pyridine rings is 1. The lowest BCUT2D eigenvalue weighted by Crippen LogP contribution is -2.32. The standard InChI is InChI=1S/C20H19N3OS/c1-13-7-8-14(2)17(11-13)22-19-18-16(6-3-9-21-18)20(24)23(19)12-15-5-4-10-25-15/h3-11,19,22H,12H2,1-2H3/t19-/m1/s1. The molecule has 1 aliphatic rings. The van der Waals surface area contributed by atoms with Crippen LogP contribution in [0.2, 0.25) is 0 Å². The Morgan fingerprint density at radius 1 is 1.20 bits per heavy atom. The van der Waals surface area contributed by atoms with E-state index in [1.165, 1.54) is 5.56 Å². The van der Waals surface area contributed by atoms with Crippen LogP contribution in [0.3, 0.4) is 0 Å². The van der Waals surface area contributed by atoms with Crippen LogP contribution in [-0.4, -0.2) is 15.8 Å². The molecule has 1 amide bonds. The van der Waals surface area contributed by atoms with Gasteiger partial charge in [0.1, 0.15) is 6.17 Å². The summed E-state index contributed by atoms with van der Waals surface area (Å²) in [7, 11) is 0. The summed E-state index contributed by atoms with van der Waals surface area (Å²) in [6.45, 7) is 4.72. The fraction of sp³-hybridized carbons (Fsp3) is 0.200. The lowest BCUT2D eigenvalue weighted by molar-refractivity contribution is 0.0729. The SMILES string of the molecule is Cc1ccc(C)c(N[C@H]2c3ncccc3C(=O)N2Cc2cccs2)c1. The number of aromatic nitrogens is 1. The third-order valence-corrected chi connectivity index (χ3v) is 5.35. The van der Waals surface area contributed by atoms with Crippen molar-refractivity contribution in [2.24, 2.45) is 0 Å². The van der Waals surface area contributed by atoms with Crippen LogP contribution >= 0.6 is 11.3 Å². The summed E-state index contributed by atoms with van der Waals surface area (Å²) in [4.78, 5) is 20.5. The predicted molar refractivity (Wildman–Crippen MR) is 101 cm³/mol. The first kappa shape index (κ1) is 15.8. The van der Waals surface area contributed by atoms with Crippen LogP contribution in [0.5, 0.6) is 0 Å². The highest BCUT2D eigenvalue weighted by molar-refractivity contribution is 7.09. The van der Waals surface area contributed by atoms with Gasteiger partial charge in [-0.15, -0.1) is 11.3 Å². The molecule has 1 N–H and O–H groups in total. The number of nitrogens with zero attached hydrogens (tertiary/aromatic N) is 2. The zero-order valence-electron chi connectivity index (χ0n) is 14.2. The van der Waals surface area contributed by atoms with E-state index in [1.54, 1.807) is 17.5 Å². The molecular weight excluding hydrogens is 330 g/mol. The van der Waals surface area contributed by atoms with Gasteiger partial charge in [-0.1, -0.05) is 18.2 Å². The lowest BCUT2D eigenvalue weighted by atomic mass is 10.1. The molecule has 2 aromatic heterocycles. The Balaban J connectivity index is 1.72. The van der Waals surface area contributed by atoms with E-state index in [0.717, 1.165) is 21.8 Å². The Hall–Kier alpha value is -2.66. The first-order chi connectivity index (χ1) is 12.1. The Labute approximate surface area is 151 Å². The monoisotopic (exact) mass is 349 g/mol. The molecule has 0 fully saturated rings. The first-order valence-corrected chi connectivity index (χ1v) is 9.13. The second-order valence-electron chi connectivity index (χ2n) is 6.31. The van der Waals surface area contributed by atoms with Gasteiger partial charge in [-0.25, -0.2) is 0 Å². The van der Waals surface area contributed by atoms with Crippen molar-refractivity contribution < 1.29 is 4.79 Å². The van der Waals surface area contributed by atoms with E-state index in [0.29, 0.717) is 12.1 Å². The number of fused-ring (bicyclic) bond motifs is 1. The van der Waals surface area contributed by atoms with Gasteiger partial charge in [0.05, 0.1) is 17.8 Å². The second-order valence-corrected chi connectivity index (χ2v) is 7.35. The summed E-state index contributed by atoms with van der Waals surface area (Å²) >= 11 is 1.66. The molecule has 3 heterocycles. The molecule has 0 radical (unpaired) electrons. The maximum Gasteiger partial charge on any atom is 0.258 e. The number of aryl methyl sites for hydroxylation is 2. The Morgan fingerprint density at radius 2 is 2.08 bits per heavy atom. The van der Waals surface area contributed by atoms with Crippen LogP contribution in [0.4, 0.5) is 5.69 Å². The van der Waals surface area contributed by atoms with Crippen molar-refractivity contribution >= 4 is 22.9 Å². The zero-order chi connectivity index (χ0) is 17.4. The molecule has 0 bridgehead atoms. The van der Waals surface area contributed by atoms with Crippen LogP contribution < -0.4 is 5.32 Å². The fourth-order valence-electron chi connectivity index (χ4n) is 3.15. The summed E-state index contributed by atoms with van der Waals surface area (Å²) in [5.74, 6) is 0.0271. The number of hydrogen-bond acceptors (Lipinski definition) is 4. The molecule has 0 aliphatic carbocycles. The number of anilines is 1. The molecule has 0 unspecified atom stereocenters. The van der Waals surface area contributed by atoms with Gasteiger partial charge in [-0.05, 0) is 54.6 Å². The molecule has 25 heavy (non-hydrogen) atoms. The molecule has 4 nitrogen and oxygen atoms in total. The molecule has 0 saturated carbocycles. The van der Waals surface area contributed by atoms with Gasteiger partial charge in [0.2, 0.25) is 0 Å². The second kappa shape index (κ2) is 6.33. The summed E-state index contributed by atoms with van der Waals surface area (Å²) < 4.78 is 0. The molecule has 126 valence electrons. The van der Waals surface area contributed by atoms with Crippen molar-refractivity contribution in [1.29, 1.82) is 0 Å². The van der Waals surface area contributed by atoms with Crippen LogP contribution in [0.25, 0.3) is 0 Å². The molecule has 1 aromatic carbocycles. The van der Waals surface area contributed by atoms with E-state index >= 15 is 0 Å². The minimum absolute atomic E-state index is 0.0271. The number of nitrogens with one attached hydrogen (secondary N) is 1. The molecular formula is C20H19N3OS. The summed E-state index contributed by atoms with van der Waals surface area (Å²) in [6, 6.07) is 14.1. The molecule has 3 aromatic rings. The van der Waals surface area contributed by atoms with Gasteiger partial charge in [0.25, 0.3) is 5.91 Å². The average molecular weight is 349 g/mol. The van der Waals surface area contributed by atoms with Gasteiger partial charge in [0.15, 0.2) is 0 Å². The summed E-state index contributed by atoms with van der Waals surface area (Å²) in [5, 5.41) is 5.58. The number of rotatable bonds is 4. The van der Waals surface area contributed by atoms with E-state index in [1.807, 2.05) is 28.5 Å². The van der Waals surface area contributed by atoms with E-state index in [-0.39, 0.29) is 12.1 Å². The van der Waals surface area contributed by atoms with Gasteiger partial charge in [-0.3, -0.25) is 9.78 Å². The van der Waals surface area contributed by atoms with Crippen molar-refractivity contribution in [2.45, 2.75) is 26.6 Å². The van der Waals surface area contributed by atoms with Crippen molar-refractivity contribution in [1.82, 2.24) is 9.88 Å². The topological polar surface area (TPSA) is 45.2 Å². The van der Waals surface area contributed by atoms with Crippen molar-refractivity contribution in [3.8, 4) is 0 Å². The van der Waals surface area contributed by atoms with E-state index in [4.69, 9.17) is 0 Å². The van der Waals surface area contributed by atoms with Gasteiger partial charge in [-0.2, -0.15) is 0 Å². The average Bonchev–Trinajstić information content (AvgIpc) is 3.21. The Bertz CT molecular complexity index is 920. The Kier molecular flexibility index (Phi) is 4.01. The van der Waals surface area contributed by atoms with Gasteiger partial charge < -0.3 is 10.2 Å². The number of hydrogen-bond donors (Lipinski definition) is 1. The fourth-order valence-corrected chi connectivity index (χ4v) is 3.86. The maximum atomic E-state index is 12.9. The van der Waals surface area contributed by atoms with Crippen LogP contribution in [0.15, 0.2) is 54.0 Å². The largest absolute Gasteiger partial charge is 0.360 e. The van der Waals surface area contributed by atoms with E-state index in [9.17, 15) is 4.79 Å². The number of carbonyl (C=O) groups excluding carboxylic acids is 1. The quantitative estimate of drug-likeness (QED) is 0.753. The predicted octanol–water partition coefficient (Wildman–Crippen LogP) is 4.53.